The van der Waals surface area contributed by atoms with Crippen LogP contribution in [0.3, 0.4) is 0 Å². The van der Waals surface area contributed by atoms with Crippen LogP contribution in [0.5, 0.6) is 0 Å². The average Bonchev–Trinajstić information content (AvgIpc) is 3.38. The van der Waals surface area contributed by atoms with Gasteiger partial charge in [0.1, 0.15) is 11.6 Å². The van der Waals surface area contributed by atoms with Crippen LogP contribution in [0.25, 0.3) is 33.4 Å². The molecule has 0 N–H and O–H groups in total. The summed E-state index contributed by atoms with van der Waals surface area (Å²) in [5.41, 5.74) is 10.3. The van der Waals surface area contributed by atoms with Gasteiger partial charge in [-0.2, -0.15) is 0 Å². The molecule has 0 unspecified atom stereocenters. The Hall–Kier alpha value is -4.18. The fourth-order valence-corrected chi connectivity index (χ4v) is 4.92. The summed E-state index contributed by atoms with van der Waals surface area (Å²) in [5, 5.41) is 0. The van der Waals surface area contributed by atoms with E-state index >= 15 is 0 Å². The van der Waals surface area contributed by atoms with Gasteiger partial charge >= 0.3 is 0 Å². The number of rotatable bonds is 4. The zero-order valence-electron chi connectivity index (χ0n) is 19.7. The van der Waals surface area contributed by atoms with Crippen molar-refractivity contribution in [1.29, 1.82) is 0 Å². The van der Waals surface area contributed by atoms with E-state index in [0.717, 1.165) is 51.5 Å². The van der Waals surface area contributed by atoms with Crippen molar-refractivity contribution in [2.45, 2.75) is 27.2 Å². The van der Waals surface area contributed by atoms with Crippen LogP contribution in [-0.2, 0) is 6.42 Å². The van der Waals surface area contributed by atoms with Crippen LogP contribution >= 0.6 is 0 Å². The lowest BCUT2D eigenvalue weighted by Crippen LogP contribution is -2.03. The van der Waals surface area contributed by atoms with E-state index in [1.807, 2.05) is 6.07 Å². The maximum atomic E-state index is 5.07. The maximum Gasteiger partial charge on any atom is 0.118 e. The third kappa shape index (κ3) is 3.30. The van der Waals surface area contributed by atoms with E-state index in [4.69, 9.17) is 9.97 Å². The van der Waals surface area contributed by atoms with Gasteiger partial charge in [-0.25, -0.2) is 9.97 Å². The molecular formula is C30H26N4. The second kappa shape index (κ2) is 7.99. The van der Waals surface area contributed by atoms with Gasteiger partial charge in [0.25, 0.3) is 0 Å². The summed E-state index contributed by atoms with van der Waals surface area (Å²) in [7, 11) is 0. The van der Waals surface area contributed by atoms with Crippen LogP contribution in [0.2, 0.25) is 0 Å². The van der Waals surface area contributed by atoms with Crippen molar-refractivity contribution in [3.63, 3.8) is 0 Å². The predicted octanol–water partition coefficient (Wildman–Crippen LogP) is 6.88. The second-order valence-electron chi connectivity index (χ2n) is 8.92. The second-order valence-corrected chi connectivity index (χ2v) is 8.92. The number of hydrogen-bond acceptors (Lipinski definition) is 2. The molecular weight excluding hydrogens is 416 g/mol. The van der Waals surface area contributed by atoms with Crippen LogP contribution in [-0.4, -0.2) is 19.1 Å². The molecule has 0 aliphatic heterocycles. The number of imidazole rings is 2. The van der Waals surface area contributed by atoms with Gasteiger partial charge in [-0.15, -0.1) is 0 Å². The number of hydrogen-bond donors (Lipinski definition) is 0. The molecule has 2 aromatic heterocycles. The molecule has 0 bridgehead atoms. The molecule has 4 heteroatoms. The number of nitrogens with zero attached hydrogens (tertiary/aromatic N) is 4. The van der Waals surface area contributed by atoms with Crippen molar-refractivity contribution in [2.75, 3.05) is 0 Å². The van der Waals surface area contributed by atoms with Crippen LogP contribution in [0.15, 0.2) is 91.0 Å². The van der Waals surface area contributed by atoms with Gasteiger partial charge in [0, 0.05) is 17.8 Å². The normalized spacial score (nSPS) is 11.5. The Labute approximate surface area is 199 Å². The summed E-state index contributed by atoms with van der Waals surface area (Å²) in [6.07, 6.45) is 0.738. The first-order valence-corrected chi connectivity index (χ1v) is 11.7. The first-order valence-electron chi connectivity index (χ1n) is 11.7. The average molecular weight is 443 g/mol. The van der Waals surface area contributed by atoms with E-state index in [2.05, 4.69) is 115 Å². The molecule has 6 rings (SSSR count). The van der Waals surface area contributed by atoms with Crippen molar-refractivity contribution < 1.29 is 0 Å². The van der Waals surface area contributed by atoms with Gasteiger partial charge in [0.15, 0.2) is 0 Å². The number of fused-ring (bicyclic) bond motifs is 2. The number of benzene rings is 4. The van der Waals surface area contributed by atoms with Gasteiger partial charge in [0.05, 0.1) is 22.1 Å². The summed E-state index contributed by atoms with van der Waals surface area (Å²) < 4.78 is 4.51. The van der Waals surface area contributed by atoms with Crippen molar-refractivity contribution >= 4 is 22.1 Å². The highest BCUT2D eigenvalue weighted by atomic mass is 15.1. The smallest absolute Gasteiger partial charge is 0.118 e. The molecule has 4 nitrogen and oxygen atoms in total. The molecule has 0 aliphatic carbocycles. The minimum atomic E-state index is 0.738. The molecule has 0 radical (unpaired) electrons. The highest BCUT2D eigenvalue weighted by molar-refractivity contribution is 5.83. The van der Waals surface area contributed by atoms with Crippen LogP contribution in [0.4, 0.5) is 0 Å². The van der Waals surface area contributed by atoms with Gasteiger partial charge in [-0.1, -0.05) is 48.5 Å². The summed E-state index contributed by atoms with van der Waals surface area (Å²) in [6.45, 7) is 6.37. The van der Waals surface area contributed by atoms with E-state index in [0.29, 0.717) is 0 Å². The maximum absolute atomic E-state index is 5.07. The molecule has 0 fully saturated rings. The summed E-state index contributed by atoms with van der Waals surface area (Å²) in [5.74, 6) is 2.03. The summed E-state index contributed by atoms with van der Waals surface area (Å²) in [4.78, 5) is 10.0. The minimum Gasteiger partial charge on any atom is -0.297 e. The zero-order chi connectivity index (χ0) is 23.2. The molecule has 0 amide bonds. The Bertz CT molecular complexity index is 1640. The first-order chi connectivity index (χ1) is 16.6. The number of aromatic nitrogens is 4. The van der Waals surface area contributed by atoms with E-state index in [1.165, 1.54) is 16.7 Å². The Morgan fingerprint density at radius 2 is 1.29 bits per heavy atom. The molecule has 0 saturated carbocycles. The lowest BCUT2D eigenvalue weighted by molar-refractivity contribution is 0.928. The third-order valence-corrected chi connectivity index (χ3v) is 6.62. The summed E-state index contributed by atoms with van der Waals surface area (Å²) in [6, 6.07) is 31.9. The molecule has 0 aliphatic rings. The summed E-state index contributed by atoms with van der Waals surface area (Å²) >= 11 is 0. The molecule has 34 heavy (non-hydrogen) atoms. The van der Waals surface area contributed by atoms with Crippen LogP contribution in [0.1, 0.15) is 28.3 Å². The van der Waals surface area contributed by atoms with E-state index in [9.17, 15) is 0 Å². The first kappa shape index (κ1) is 20.4. The van der Waals surface area contributed by atoms with Crippen LogP contribution in [0, 0.1) is 20.8 Å². The van der Waals surface area contributed by atoms with Crippen molar-refractivity contribution in [3.05, 3.63) is 119 Å². The molecule has 0 atom stereocenters. The number of para-hydroxylation sites is 2. The van der Waals surface area contributed by atoms with Crippen molar-refractivity contribution in [1.82, 2.24) is 19.1 Å². The molecule has 4 aromatic carbocycles. The van der Waals surface area contributed by atoms with Gasteiger partial charge in [-0.3, -0.25) is 9.13 Å². The monoisotopic (exact) mass is 442 g/mol. The fourth-order valence-electron chi connectivity index (χ4n) is 4.92. The molecule has 0 saturated heterocycles. The fraction of sp³-hybridized carbons (Fsp3) is 0.133. The van der Waals surface area contributed by atoms with Gasteiger partial charge in [0.2, 0.25) is 0 Å². The lowest BCUT2D eigenvalue weighted by Gasteiger charge is -2.12. The molecule has 166 valence electrons. The third-order valence-electron chi connectivity index (χ3n) is 6.62. The largest absolute Gasteiger partial charge is 0.297 e. The van der Waals surface area contributed by atoms with Crippen LogP contribution < -0.4 is 0 Å². The molecule has 2 heterocycles. The van der Waals surface area contributed by atoms with Gasteiger partial charge < -0.3 is 0 Å². The Balaban J connectivity index is 1.50. The van der Waals surface area contributed by atoms with E-state index < -0.39 is 0 Å². The topological polar surface area (TPSA) is 35.6 Å². The zero-order valence-corrected chi connectivity index (χ0v) is 19.7. The predicted molar refractivity (Wildman–Crippen MR) is 139 cm³/mol. The Morgan fingerprint density at radius 1 is 0.647 bits per heavy atom. The van der Waals surface area contributed by atoms with Crippen molar-refractivity contribution in [2.24, 2.45) is 0 Å². The Morgan fingerprint density at radius 3 is 2.00 bits per heavy atom. The van der Waals surface area contributed by atoms with Gasteiger partial charge in [-0.05, 0) is 79.9 Å². The van der Waals surface area contributed by atoms with Crippen molar-refractivity contribution in [3.8, 4) is 11.4 Å². The number of aryl methyl sites for hydroxylation is 3. The Kier molecular flexibility index (Phi) is 4.80. The quantitative estimate of drug-likeness (QED) is 0.298. The highest BCUT2D eigenvalue weighted by Gasteiger charge is 2.17. The molecule has 6 aromatic rings. The lowest BCUT2D eigenvalue weighted by atomic mass is 10.0. The highest BCUT2D eigenvalue weighted by Crippen LogP contribution is 2.29. The standard InChI is InChI=1S/C30H26N4/c1-20-14-16-27-26(18-20)32-29(34(27)25-12-8-5-9-13-25)19-23-15-17-28-30(21(23)2)31-22(3)33(28)24-10-6-4-7-11-24/h4-18H,19H2,1-3H3. The minimum absolute atomic E-state index is 0.738. The van der Waals surface area contributed by atoms with E-state index in [-0.39, 0.29) is 0 Å². The SMILES string of the molecule is Cc1ccc2c(c1)nc(Cc1ccc3c(nc(C)n3-c3ccccc3)c1C)n2-c1ccccc1. The van der Waals surface area contributed by atoms with E-state index in [1.54, 1.807) is 0 Å². The molecule has 0 spiro atoms.